The lowest BCUT2D eigenvalue weighted by atomic mass is 9.99. The molecule has 2 rings (SSSR count). The summed E-state index contributed by atoms with van der Waals surface area (Å²) in [5, 5.41) is 21.7. The predicted octanol–water partition coefficient (Wildman–Crippen LogP) is 3.34. The van der Waals surface area contributed by atoms with Gasteiger partial charge in [-0.25, -0.2) is 0 Å². The van der Waals surface area contributed by atoms with Gasteiger partial charge < -0.3 is 15.2 Å². The number of hydrogen-bond acceptors (Lipinski definition) is 4. The molecule has 0 aliphatic rings. The van der Waals surface area contributed by atoms with Crippen LogP contribution < -0.4 is 10.1 Å². The van der Waals surface area contributed by atoms with Crippen molar-refractivity contribution in [2.24, 2.45) is 5.92 Å². The fraction of sp³-hybridized carbons (Fsp3) is 0.263. The number of nitrogens with zero attached hydrogens (tertiary/aromatic N) is 1. The van der Waals surface area contributed by atoms with Gasteiger partial charge >= 0.3 is 0 Å². The number of phenols is 1. The normalized spacial score (nSPS) is 11.4. The first kappa shape index (κ1) is 17.4. The zero-order valence-corrected chi connectivity index (χ0v) is 14.0. The second-order valence-corrected chi connectivity index (χ2v) is 5.76. The van der Waals surface area contributed by atoms with E-state index in [9.17, 15) is 15.2 Å². The van der Waals surface area contributed by atoms with Crippen LogP contribution in [0.2, 0.25) is 0 Å². The molecule has 0 aliphatic heterocycles. The maximum absolute atomic E-state index is 12.4. The first-order chi connectivity index (χ1) is 11.4. The molecule has 2 aromatic carbocycles. The molecule has 2 aromatic rings. The van der Waals surface area contributed by atoms with Gasteiger partial charge in [0, 0.05) is 5.69 Å². The number of aromatic hydroxyl groups is 1. The molecule has 0 aromatic heterocycles. The van der Waals surface area contributed by atoms with Crippen LogP contribution in [0.15, 0.2) is 36.4 Å². The number of hydrogen-bond donors (Lipinski definition) is 2. The van der Waals surface area contributed by atoms with Crippen molar-refractivity contribution in [3.8, 4) is 17.6 Å². The highest BCUT2D eigenvalue weighted by Crippen LogP contribution is 2.27. The number of nitriles is 1. The zero-order valence-electron chi connectivity index (χ0n) is 14.0. The number of carbonyl (C=O) groups excluding carboxylic acids is 1. The lowest BCUT2D eigenvalue weighted by Crippen LogP contribution is -2.23. The number of nitrogens with one attached hydrogen (secondary N) is 1. The summed E-state index contributed by atoms with van der Waals surface area (Å²) >= 11 is 0. The Morgan fingerprint density at radius 1 is 1.25 bits per heavy atom. The molecule has 0 spiro atoms. The van der Waals surface area contributed by atoms with Gasteiger partial charge in [0.25, 0.3) is 0 Å². The van der Waals surface area contributed by atoms with E-state index in [0.717, 1.165) is 16.7 Å². The highest BCUT2D eigenvalue weighted by molar-refractivity contribution is 5.94. The van der Waals surface area contributed by atoms with Crippen molar-refractivity contribution in [1.29, 1.82) is 5.26 Å². The Morgan fingerprint density at radius 3 is 2.50 bits per heavy atom. The van der Waals surface area contributed by atoms with Gasteiger partial charge in [0.2, 0.25) is 5.91 Å². The van der Waals surface area contributed by atoms with Gasteiger partial charge in [-0.1, -0.05) is 12.1 Å². The molecule has 2 N–H and O–H groups in total. The van der Waals surface area contributed by atoms with E-state index in [1.807, 2.05) is 38.1 Å². The van der Waals surface area contributed by atoms with Gasteiger partial charge in [0.1, 0.15) is 5.92 Å². The molecule has 0 aliphatic carbocycles. The third kappa shape index (κ3) is 4.26. The Hall–Kier alpha value is -3.00. The van der Waals surface area contributed by atoms with Crippen molar-refractivity contribution in [3.63, 3.8) is 0 Å². The van der Waals surface area contributed by atoms with Crippen molar-refractivity contribution >= 4 is 11.6 Å². The summed E-state index contributed by atoms with van der Waals surface area (Å²) in [6.45, 7) is 3.90. The number of anilines is 1. The van der Waals surface area contributed by atoms with E-state index < -0.39 is 5.92 Å². The van der Waals surface area contributed by atoms with Crippen LogP contribution in [0.3, 0.4) is 0 Å². The van der Waals surface area contributed by atoms with E-state index in [2.05, 4.69) is 5.32 Å². The van der Waals surface area contributed by atoms with E-state index in [1.165, 1.54) is 13.2 Å². The zero-order chi connectivity index (χ0) is 17.7. The van der Waals surface area contributed by atoms with Gasteiger partial charge in [-0.05, 0) is 61.2 Å². The second-order valence-electron chi connectivity index (χ2n) is 5.76. The summed E-state index contributed by atoms with van der Waals surface area (Å²) in [6.07, 6.45) is 0.240. The minimum atomic E-state index is -0.833. The molecular weight excluding hydrogens is 304 g/mol. The summed E-state index contributed by atoms with van der Waals surface area (Å²) in [7, 11) is 1.45. The highest BCUT2D eigenvalue weighted by Gasteiger charge is 2.19. The standard InChI is InChI=1S/C19H20N2O3/c1-12-6-13(2)8-16(7-12)21-19(23)15(11-20)9-14-4-5-17(22)18(10-14)24-3/h4-8,10,15,22H,9H2,1-3H3,(H,21,23). The van der Waals surface area contributed by atoms with E-state index >= 15 is 0 Å². The molecule has 0 heterocycles. The molecule has 5 heteroatoms. The highest BCUT2D eigenvalue weighted by atomic mass is 16.5. The second kappa shape index (κ2) is 7.51. The Kier molecular flexibility index (Phi) is 5.43. The predicted molar refractivity (Wildman–Crippen MR) is 92.0 cm³/mol. The molecule has 124 valence electrons. The maximum Gasteiger partial charge on any atom is 0.242 e. The van der Waals surface area contributed by atoms with Crippen LogP contribution in [0.4, 0.5) is 5.69 Å². The third-order valence-corrected chi connectivity index (χ3v) is 3.65. The number of ether oxygens (including phenoxy) is 1. The first-order valence-corrected chi connectivity index (χ1v) is 7.57. The molecule has 0 bridgehead atoms. The third-order valence-electron chi connectivity index (χ3n) is 3.65. The number of methoxy groups -OCH3 is 1. The summed E-state index contributed by atoms with van der Waals surface area (Å²) in [6, 6.07) is 12.6. The summed E-state index contributed by atoms with van der Waals surface area (Å²) < 4.78 is 5.05. The lowest BCUT2D eigenvalue weighted by molar-refractivity contribution is -0.118. The topological polar surface area (TPSA) is 82.3 Å². The quantitative estimate of drug-likeness (QED) is 0.883. The minimum absolute atomic E-state index is 0.0226. The molecule has 1 atom stereocenters. The van der Waals surface area contributed by atoms with E-state index in [1.54, 1.807) is 12.1 Å². The fourth-order valence-corrected chi connectivity index (χ4v) is 2.56. The van der Waals surface area contributed by atoms with Gasteiger partial charge in [0.15, 0.2) is 11.5 Å². The van der Waals surface area contributed by atoms with Crippen LogP contribution in [0.5, 0.6) is 11.5 Å². The van der Waals surface area contributed by atoms with Crippen LogP contribution in [-0.4, -0.2) is 18.1 Å². The summed E-state index contributed by atoms with van der Waals surface area (Å²) in [4.78, 5) is 12.4. The number of amides is 1. The molecular formula is C19H20N2O3. The molecule has 1 unspecified atom stereocenters. The maximum atomic E-state index is 12.4. The van der Waals surface area contributed by atoms with Gasteiger partial charge in [-0.15, -0.1) is 0 Å². The lowest BCUT2D eigenvalue weighted by Gasteiger charge is -2.12. The van der Waals surface area contributed by atoms with Gasteiger partial charge in [0.05, 0.1) is 13.2 Å². The van der Waals surface area contributed by atoms with Gasteiger partial charge in [-0.3, -0.25) is 4.79 Å². The average Bonchev–Trinajstić information content (AvgIpc) is 2.52. The number of carbonyl (C=O) groups is 1. The number of benzene rings is 2. The monoisotopic (exact) mass is 324 g/mol. The Balaban J connectivity index is 2.13. The van der Waals surface area contributed by atoms with Crippen molar-refractivity contribution in [1.82, 2.24) is 0 Å². The summed E-state index contributed by atoms with van der Waals surface area (Å²) in [5.41, 5.74) is 3.51. The smallest absolute Gasteiger partial charge is 0.242 e. The van der Waals surface area contributed by atoms with Crippen LogP contribution >= 0.6 is 0 Å². The van der Waals surface area contributed by atoms with Crippen molar-refractivity contribution < 1.29 is 14.6 Å². The molecule has 0 radical (unpaired) electrons. The Morgan fingerprint density at radius 2 is 1.92 bits per heavy atom. The van der Waals surface area contributed by atoms with Crippen LogP contribution in [0.1, 0.15) is 16.7 Å². The minimum Gasteiger partial charge on any atom is -0.504 e. The first-order valence-electron chi connectivity index (χ1n) is 7.57. The average molecular weight is 324 g/mol. The van der Waals surface area contributed by atoms with Crippen molar-refractivity contribution in [2.75, 3.05) is 12.4 Å². The number of phenolic OH excluding ortho intramolecular Hbond substituents is 1. The summed E-state index contributed by atoms with van der Waals surface area (Å²) in [5.74, 6) is -0.844. The van der Waals surface area contributed by atoms with Crippen molar-refractivity contribution in [2.45, 2.75) is 20.3 Å². The van der Waals surface area contributed by atoms with E-state index in [4.69, 9.17) is 4.74 Å². The Labute approximate surface area is 141 Å². The van der Waals surface area contributed by atoms with E-state index in [-0.39, 0.29) is 18.1 Å². The van der Waals surface area contributed by atoms with E-state index in [0.29, 0.717) is 11.4 Å². The SMILES string of the molecule is COc1cc(CC(C#N)C(=O)Nc2cc(C)cc(C)c2)ccc1O. The largest absolute Gasteiger partial charge is 0.504 e. The molecule has 0 saturated carbocycles. The van der Waals surface area contributed by atoms with Gasteiger partial charge in [-0.2, -0.15) is 5.26 Å². The van der Waals surface area contributed by atoms with Crippen LogP contribution in [0.25, 0.3) is 0 Å². The number of rotatable bonds is 5. The van der Waals surface area contributed by atoms with Crippen LogP contribution in [0, 0.1) is 31.1 Å². The number of aryl methyl sites for hydroxylation is 2. The molecule has 0 fully saturated rings. The molecule has 1 amide bonds. The molecule has 24 heavy (non-hydrogen) atoms. The Bertz CT molecular complexity index is 773. The fourth-order valence-electron chi connectivity index (χ4n) is 2.56. The molecule has 0 saturated heterocycles. The van der Waals surface area contributed by atoms with Crippen molar-refractivity contribution in [3.05, 3.63) is 53.1 Å². The molecule has 5 nitrogen and oxygen atoms in total. The van der Waals surface area contributed by atoms with Crippen LogP contribution in [-0.2, 0) is 11.2 Å².